The summed E-state index contributed by atoms with van der Waals surface area (Å²) >= 11 is 0. The maximum absolute atomic E-state index is 11.7. The molecule has 2 aromatic carbocycles. The van der Waals surface area contributed by atoms with Crippen LogP contribution in [0, 0.1) is 0 Å². The van der Waals surface area contributed by atoms with Crippen molar-refractivity contribution in [3.05, 3.63) is 65.0 Å². The first-order valence-corrected chi connectivity index (χ1v) is 5.72. The van der Waals surface area contributed by atoms with Gasteiger partial charge in [-0.25, -0.2) is 0 Å². The number of pyridine rings is 1. The molecule has 3 aromatic rings. The lowest BCUT2D eigenvalue weighted by molar-refractivity contribution is 1.31. The Labute approximate surface area is 104 Å². The standard InChI is InChI=1S/C15H12N2O/c16-11-6-7-14-13(8-11)12(9-15(18)17-14)10-4-2-1-3-5-10/h1-9H,16H2,(H,17,18). The minimum absolute atomic E-state index is 0.105. The molecule has 0 aliphatic carbocycles. The van der Waals surface area contributed by atoms with E-state index in [1.165, 1.54) is 0 Å². The van der Waals surface area contributed by atoms with E-state index >= 15 is 0 Å². The molecular formula is C15H12N2O. The summed E-state index contributed by atoms with van der Waals surface area (Å²) < 4.78 is 0. The summed E-state index contributed by atoms with van der Waals surface area (Å²) in [6.45, 7) is 0. The fourth-order valence-corrected chi connectivity index (χ4v) is 2.13. The molecular weight excluding hydrogens is 224 g/mol. The molecule has 3 heteroatoms. The van der Waals surface area contributed by atoms with Crippen LogP contribution in [0.3, 0.4) is 0 Å². The number of fused-ring (bicyclic) bond motifs is 1. The summed E-state index contributed by atoms with van der Waals surface area (Å²) in [5.41, 5.74) is 9.12. The van der Waals surface area contributed by atoms with Crippen LogP contribution in [-0.2, 0) is 0 Å². The Hall–Kier alpha value is -2.55. The Morgan fingerprint density at radius 2 is 1.72 bits per heavy atom. The van der Waals surface area contributed by atoms with E-state index < -0.39 is 0 Å². The van der Waals surface area contributed by atoms with Crippen molar-refractivity contribution in [2.24, 2.45) is 0 Å². The van der Waals surface area contributed by atoms with Gasteiger partial charge in [0.1, 0.15) is 0 Å². The first-order valence-electron chi connectivity index (χ1n) is 5.72. The van der Waals surface area contributed by atoms with Gasteiger partial charge in [0.05, 0.1) is 0 Å². The number of aromatic amines is 1. The second kappa shape index (κ2) is 4.04. The zero-order valence-corrected chi connectivity index (χ0v) is 9.68. The molecule has 0 aliphatic rings. The normalized spacial score (nSPS) is 10.7. The van der Waals surface area contributed by atoms with Crippen LogP contribution in [0.5, 0.6) is 0 Å². The molecule has 0 spiro atoms. The van der Waals surface area contributed by atoms with Crippen molar-refractivity contribution in [1.82, 2.24) is 4.98 Å². The lowest BCUT2D eigenvalue weighted by Crippen LogP contribution is -2.05. The van der Waals surface area contributed by atoms with Gasteiger partial charge in [0, 0.05) is 22.7 Å². The van der Waals surface area contributed by atoms with Crippen LogP contribution in [0.1, 0.15) is 0 Å². The van der Waals surface area contributed by atoms with Crippen molar-refractivity contribution in [3.63, 3.8) is 0 Å². The number of nitrogen functional groups attached to an aromatic ring is 1. The highest BCUT2D eigenvalue weighted by atomic mass is 16.1. The monoisotopic (exact) mass is 236 g/mol. The Balaban J connectivity index is 2.41. The predicted octanol–water partition coefficient (Wildman–Crippen LogP) is 2.78. The zero-order chi connectivity index (χ0) is 12.5. The minimum Gasteiger partial charge on any atom is -0.399 e. The lowest BCUT2D eigenvalue weighted by Gasteiger charge is -2.07. The molecule has 0 fully saturated rings. The highest BCUT2D eigenvalue weighted by molar-refractivity contribution is 5.95. The molecule has 3 N–H and O–H groups in total. The van der Waals surface area contributed by atoms with Crippen LogP contribution in [0.4, 0.5) is 5.69 Å². The molecule has 3 rings (SSSR count). The van der Waals surface area contributed by atoms with Gasteiger partial charge >= 0.3 is 0 Å². The molecule has 3 nitrogen and oxygen atoms in total. The van der Waals surface area contributed by atoms with Gasteiger partial charge in [-0.1, -0.05) is 30.3 Å². The Kier molecular flexibility index (Phi) is 2.38. The van der Waals surface area contributed by atoms with Gasteiger partial charge in [-0.3, -0.25) is 4.79 Å². The summed E-state index contributed by atoms with van der Waals surface area (Å²) in [6.07, 6.45) is 0. The van der Waals surface area contributed by atoms with Crippen molar-refractivity contribution in [2.45, 2.75) is 0 Å². The van der Waals surface area contributed by atoms with Gasteiger partial charge < -0.3 is 10.7 Å². The van der Waals surface area contributed by atoms with Crippen molar-refractivity contribution in [1.29, 1.82) is 0 Å². The molecule has 0 bridgehead atoms. The highest BCUT2D eigenvalue weighted by Crippen LogP contribution is 2.27. The Morgan fingerprint density at radius 3 is 2.50 bits per heavy atom. The number of benzene rings is 2. The fourth-order valence-electron chi connectivity index (χ4n) is 2.13. The zero-order valence-electron chi connectivity index (χ0n) is 9.68. The summed E-state index contributed by atoms with van der Waals surface area (Å²) in [5.74, 6) is 0. The number of hydrogen-bond donors (Lipinski definition) is 2. The summed E-state index contributed by atoms with van der Waals surface area (Å²) in [7, 11) is 0. The topological polar surface area (TPSA) is 58.9 Å². The maximum Gasteiger partial charge on any atom is 0.249 e. The van der Waals surface area contributed by atoms with E-state index in [1.807, 2.05) is 42.5 Å². The van der Waals surface area contributed by atoms with Gasteiger partial charge in [0.15, 0.2) is 0 Å². The second-order valence-corrected chi connectivity index (χ2v) is 4.22. The van der Waals surface area contributed by atoms with Gasteiger partial charge in [-0.05, 0) is 29.3 Å². The fraction of sp³-hybridized carbons (Fsp3) is 0. The third-order valence-electron chi connectivity index (χ3n) is 2.95. The molecule has 0 saturated carbocycles. The maximum atomic E-state index is 11.7. The number of H-pyrrole nitrogens is 1. The molecule has 18 heavy (non-hydrogen) atoms. The van der Waals surface area contributed by atoms with Crippen molar-refractivity contribution in [3.8, 4) is 11.1 Å². The average molecular weight is 236 g/mol. The number of aromatic nitrogens is 1. The molecule has 0 atom stereocenters. The average Bonchev–Trinajstić information content (AvgIpc) is 2.39. The van der Waals surface area contributed by atoms with Gasteiger partial charge in [0.25, 0.3) is 0 Å². The number of anilines is 1. The van der Waals surface area contributed by atoms with E-state index in [1.54, 1.807) is 12.1 Å². The van der Waals surface area contributed by atoms with E-state index in [9.17, 15) is 4.79 Å². The third kappa shape index (κ3) is 1.76. The third-order valence-corrected chi connectivity index (χ3v) is 2.95. The van der Waals surface area contributed by atoms with Crippen LogP contribution < -0.4 is 11.3 Å². The lowest BCUT2D eigenvalue weighted by atomic mass is 10.0. The summed E-state index contributed by atoms with van der Waals surface area (Å²) in [6, 6.07) is 16.9. The summed E-state index contributed by atoms with van der Waals surface area (Å²) in [5, 5.41) is 0.959. The van der Waals surface area contributed by atoms with Crippen molar-refractivity contribution < 1.29 is 0 Å². The van der Waals surface area contributed by atoms with Crippen LogP contribution in [0.15, 0.2) is 59.4 Å². The second-order valence-electron chi connectivity index (χ2n) is 4.22. The Bertz CT molecular complexity index is 760. The predicted molar refractivity (Wildman–Crippen MR) is 74.4 cm³/mol. The number of rotatable bonds is 1. The van der Waals surface area contributed by atoms with Crippen LogP contribution >= 0.6 is 0 Å². The largest absolute Gasteiger partial charge is 0.399 e. The van der Waals surface area contributed by atoms with E-state index in [0.29, 0.717) is 5.69 Å². The van der Waals surface area contributed by atoms with E-state index in [0.717, 1.165) is 22.0 Å². The van der Waals surface area contributed by atoms with Gasteiger partial charge in [-0.2, -0.15) is 0 Å². The number of nitrogens with two attached hydrogens (primary N) is 1. The van der Waals surface area contributed by atoms with E-state index in [2.05, 4.69) is 4.98 Å². The van der Waals surface area contributed by atoms with Crippen molar-refractivity contribution >= 4 is 16.6 Å². The molecule has 88 valence electrons. The molecule has 0 radical (unpaired) electrons. The van der Waals surface area contributed by atoms with Crippen LogP contribution in [0.25, 0.3) is 22.0 Å². The molecule has 1 aromatic heterocycles. The van der Waals surface area contributed by atoms with Crippen molar-refractivity contribution in [2.75, 3.05) is 5.73 Å². The number of hydrogen-bond acceptors (Lipinski definition) is 2. The van der Waals surface area contributed by atoms with Gasteiger partial charge in [0.2, 0.25) is 5.56 Å². The van der Waals surface area contributed by atoms with Crippen LogP contribution in [0.2, 0.25) is 0 Å². The minimum atomic E-state index is -0.105. The quantitative estimate of drug-likeness (QED) is 0.638. The van der Waals surface area contributed by atoms with E-state index in [-0.39, 0.29) is 5.56 Å². The SMILES string of the molecule is Nc1ccc2[nH]c(=O)cc(-c3ccccc3)c2c1. The van der Waals surface area contributed by atoms with Gasteiger partial charge in [-0.15, -0.1) is 0 Å². The first kappa shape index (κ1) is 10.6. The summed E-state index contributed by atoms with van der Waals surface area (Å²) in [4.78, 5) is 14.5. The molecule has 0 aliphatic heterocycles. The molecule has 0 saturated heterocycles. The molecule has 0 amide bonds. The number of nitrogens with one attached hydrogen (secondary N) is 1. The highest BCUT2D eigenvalue weighted by Gasteiger charge is 2.05. The molecule has 1 heterocycles. The smallest absolute Gasteiger partial charge is 0.249 e. The Morgan fingerprint density at radius 1 is 0.944 bits per heavy atom. The van der Waals surface area contributed by atoms with Crippen LogP contribution in [-0.4, -0.2) is 4.98 Å². The first-order chi connectivity index (χ1) is 8.74. The molecule has 0 unspecified atom stereocenters. The van der Waals surface area contributed by atoms with E-state index in [4.69, 9.17) is 5.73 Å².